The molecule has 6 heteroatoms. The summed E-state index contributed by atoms with van der Waals surface area (Å²) >= 11 is 0. The molecule has 5 rings (SSSR count). The molecular formula is C23H28N2O4. The van der Waals surface area contributed by atoms with Gasteiger partial charge in [0.1, 0.15) is 11.4 Å². The molecular weight excluding hydrogens is 368 g/mol. The predicted octanol–water partition coefficient (Wildman–Crippen LogP) is 2.44. The molecule has 3 fully saturated rings. The molecule has 0 bridgehead atoms. The number of hydrogen-bond acceptors (Lipinski definition) is 4. The number of Topliss-reactive ketones (excluding diaryl/α,β-unsaturated/α-hetero) is 1. The van der Waals surface area contributed by atoms with Gasteiger partial charge in [-0.25, -0.2) is 0 Å². The van der Waals surface area contributed by atoms with Crippen LogP contribution in [-0.2, 0) is 9.59 Å². The molecule has 29 heavy (non-hydrogen) atoms. The number of ketones is 1. The second-order valence-corrected chi connectivity index (χ2v) is 9.21. The first kappa shape index (κ1) is 18.6. The standard InChI is InChI=1S/C23H28N2O4/c1-14-4-5-19-17(12-14)18(27)13-23(29-19)7-6-16-20(21(16)23)22(28)25-9-3-8-24(10-11-25)15(2)26/h4-5,12,16,20-21H,3,6-11,13H2,1-2H3/t16-,20-,21-,23-/m1/s1. The van der Waals surface area contributed by atoms with Crippen molar-refractivity contribution in [2.24, 2.45) is 17.8 Å². The first-order valence-electron chi connectivity index (χ1n) is 10.8. The fourth-order valence-electron chi connectivity index (χ4n) is 5.93. The second kappa shape index (κ2) is 6.57. The van der Waals surface area contributed by atoms with Gasteiger partial charge in [-0.3, -0.25) is 14.4 Å². The molecule has 0 aromatic heterocycles. The minimum Gasteiger partial charge on any atom is -0.486 e. The third-order valence-corrected chi connectivity index (χ3v) is 7.42. The maximum atomic E-state index is 13.3. The smallest absolute Gasteiger partial charge is 0.226 e. The maximum absolute atomic E-state index is 13.3. The third kappa shape index (κ3) is 2.95. The topological polar surface area (TPSA) is 66.9 Å². The van der Waals surface area contributed by atoms with Crippen molar-refractivity contribution in [3.8, 4) is 5.75 Å². The lowest BCUT2D eigenvalue weighted by Crippen LogP contribution is -2.45. The van der Waals surface area contributed by atoms with Gasteiger partial charge < -0.3 is 14.5 Å². The molecule has 0 radical (unpaired) electrons. The van der Waals surface area contributed by atoms with Crippen LogP contribution in [0, 0.1) is 24.7 Å². The molecule has 1 spiro atoms. The molecule has 2 heterocycles. The number of nitrogens with zero attached hydrogens (tertiary/aromatic N) is 2. The van der Waals surface area contributed by atoms with E-state index < -0.39 is 5.60 Å². The van der Waals surface area contributed by atoms with E-state index in [4.69, 9.17) is 4.74 Å². The average molecular weight is 396 g/mol. The molecule has 2 saturated carbocycles. The quantitative estimate of drug-likeness (QED) is 0.731. The van der Waals surface area contributed by atoms with Crippen LogP contribution < -0.4 is 4.74 Å². The Bertz CT molecular complexity index is 897. The number of hydrogen-bond donors (Lipinski definition) is 0. The van der Waals surface area contributed by atoms with Gasteiger partial charge in [-0.2, -0.15) is 0 Å². The fraction of sp³-hybridized carbons (Fsp3) is 0.609. The van der Waals surface area contributed by atoms with Crippen LogP contribution in [0.25, 0.3) is 0 Å². The molecule has 1 saturated heterocycles. The minimum absolute atomic E-state index is 0.0348. The van der Waals surface area contributed by atoms with E-state index in [0.29, 0.717) is 49.8 Å². The lowest BCUT2D eigenvalue weighted by atomic mass is 9.84. The van der Waals surface area contributed by atoms with Gasteiger partial charge in [-0.15, -0.1) is 0 Å². The van der Waals surface area contributed by atoms with Gasteiger partial charge >= 0.3 is 0 Å². The lowest BCUT2D eigenvalue weighted by Gasteiger charge is -2.37. The Labute approximate surface area is 171 Å². The van der Waals surface area contributed by atoms with E-state index in [1.165, 1.54) is 0 Å². The third-order valence-electron chi connectivity index (χ3n) is 7.42. The highest BCUT2D eigenvalue weighted by Crippen LogP contribution is 2.66. The number of aryl methyl sites for hydroxylation is 1. The molecule has 0 unspecified atom stereocenters. The van der Waals surface area contributed by atoms with Crippen LogP contribution in [0.15, 0.2) is 18.2 Å². The number of rotatable bonds is 1. The van der Waals surface area contributed by atoms with Crippen molar-refractivity contribution >= 4 is 17.6 Å². The molecule has 6 nitrogen and oxygen atoms in total. The summed E-state index contributed by atoms with van der Waals surface area (Å²) in [7, 11) is 0. The van der Waals surface area contributed by atoms with E-state index in [9.17, 15) is 14.4 Å². The molecule has 4 atom stereocenters. The van der Waals surface area contributed by atoms with Crippen LogP contribution in [0.2, 0.25) is 0 Å². The molecule has 1 aromatic carbocycles. The van der Waals surface area contributed by atoms with Crippen LogP contribution in [0.3, 0.4) is 0 Å². The number of ether oxygens (including phenoxy) is 1. The van der Waals surface area contributed by atoms with Gasteiger partial charge in [0.05, 0.1) is 12.0 Å². The molecule has 2 aliphatic carbocycles. The molecule has 4 aliphatic rings. The highest BCUT2D eigenvalue weighted by Gasteiger charge is 2.71. The SMILES string of the molecule is CC(=O)N1CCCN(C(=O)[C@@H]2[C@H]3CC[C@@]4(CC(=O)c5cc(C)ccc5O4)[C@H]32)CC1. The van der Waals surface area contributed by atoms with Crippen molar-refractivity contribution in [1.29, 1.82) is 0 Å². The number of amides is 2. The first-order chi connectivity index (χ1) is 13.9. The lowest BCUT2D eigenvalue weighted by molar-refractivity contribution is -0.135. The Morgan fingerprint density at radius 2 is 1.90 bits per heavy atom. The summed E-state index contributed by atoms with van der Waals surface area (Å²) in [5.74, 6) is 1.51. The zero-order valence-corrected chi connectivity index (χ0v) is 17.1. The molecule has 2 aliphatic heterocycles. The summed E-state index contributed by atoms with van der Waals surface area (Å²) in [5.41, 5.74) is 1.22. The summed E-state index contributed by atoms with van der Waals surface area (Å²) in [6.07, 6.45) is 3.00. The Hall–Kier alpha value is -2.37. The summed E-state index contributed by atoms with van der Waals surface area (Å²) in [6.45, 7) is 6.19. The first-order valence-corrected chi connectivity index (χ1v) is 10.8. The number of carbonyl (C=O) groups excluding carboxylic acids is 3. The predicted molar refractivity (Wildman–Crippen MR) is 107 cm³/mol. The van der Waals surface area contributed by atoms with Gasteiger partial charge in [0.15, 0.2) is 5.78 Å². The number of carbonyl (C=O) groups is 3. The number of fused-ring (bicyclic) bond motifs is 3. The van der Waals surface area contributed by atoms with E-state index >= 15 is 0 Å². The van der Waals surface area contributed by atoms with Crippen LogP contribution in [-0.4, -0.2) is 59.2 Å². The highest BCUT2D eigenvalue weighted by molar-refractivity contribution is 6.01. The van der Waals surface area contributed by atoms with Gasteiger partial charge in [0, 0.05) is 44.9 Å². The van der Waals surface area contributed by atoms with E-state index in [-0.39, 0.29) is 29.4 Å². The fourth-order valence-corrected chi connectivity index (χ4v) is 5.93. The Balaban J connectivity index is 1.32. The molecule has 2 amide bonds. The monoisotopic (exact) mass is 396 g/mol. The summed E-state index contributed by atoms with van der Waals surface area (Å²) in [4.78, 5) is 41.6. The van der Waals surface area contributed by atoms with Crippen molar-refractivity contribution < 1.29 is 19.1 Å². The van der Waals surface area contributed by atoms with Gasteiger partial charge in [0.2, 0.25) is 11.8 Å². The average Bonchev–Trinajstić information content (AvgIpc) is 3.39. The van der Waals surface area contributed by atoms with E-state index in [0.717, 1.165) is 24.8 Å². The number of benzene rings is 1. The van der Waals surface area contributed by atoms with Crippen molar-refractivity contribution in [2.45, 2.75) is 45.1 Å². The Kier molecular flexibility index (Phi) is 4.23. The van der Waals surface area contributed by atoms with Gasteiger partial charge in [-0.1, -0.05) is 11.6 Å². The van der Waals surface area contributed by atoms with Crippen molar-refractivity contribution in [1.82, 2.24) is 9.80 Å². The Morgan fingerprint density at radius 3 is 2.69 bits per heavy atom. The minimum atomic E-state index is -0.512. The van der Waals surface area contributed by atoms with Crippen molar-refractivity contribution in [3.05, 3.63) is 29.3 Å². The van der Waals surface area contributed by atoms with Crippen LogP contribution in [0.1, 0.15) is 48.5 Å². The van der Waals surface area contributed by atoms with Crippen LogP contribution >= 0.6 is 0 Å². The summed E-state index contributed by atoms with van der Waals surface area (Å²) in [5, 5.41) is 0. The zero-order chi connectivity index (χ0) is 20.3. The maximum Gasteiger partial charge on any atom is 0.226 e. The largest absolute Gasteiger partial charge is 0.486 e. The highest BCUT2D eigenvalue weighted by atomic mass is 16.5. The molecule has 1 aromatic rings. The van der Waals surface area contributed by atoms with E-state index in [2.05, 4.69) is 0 Å². The Morgan fingerprint density at radius 1 is 1.14 bits per heavy atom. The zero-order valence-electron chi connectivity index (χ0n) is 17.1. The van der Waals surface area contributed by atoms with Gasteiger partial charge in [0.25, 0.3) is 0 Å². The van der Waals surface area contributed by atoms with Gasteiger partial charge in [-0.05, 0) is 44.2 Å². The second-order valence-electron chi connectivity index (χ2n) is 9.21. The van der Waals surface area contributed by atoms with E-state index in [1.54, 1.807) is 6.92 Å². The van der Waals surface area contributed by atoms with Crippen molar-refractivity contribution in [3.63, 3.8) is 0 Å². The molecule has 154 valence electrons. The summed E-state index contributed by atoms with van der Waals surface area (Å²) < 4.78 is 6.46. The van der Waals surface area contributed by atoms with E-state index in [1.807, 2.05) is 34.9 Å². The van der Waals surface area contributed by atoms with Crippen molar-refractivity contribution in [2.75, 3.05) is 26.2 Å². The normalized spacial score (nSPS) is 33.0. The van der Waals surface area contributed by atoms with Crippen LogP contribution in [0.4, 0.5) is 0 Å². The van der Waals surface area contributed by atoms with Crippen LogP contribution in [0.5, 0.6) is 5.75 Å². The summed E-state index contributed by atoms with van der Waals surface area (Å²) in [6, 6.07) is 5.79. The molecule has 0 N–H and O–H groups in total.